The molecule has 0 amide bonds. The Balaban J connectivity index is 2.38. The number of benzene rings is 2. The zero-order chi connectivity index (χ0) is 13.7. The highest BCUT2D eigenvalue weighted by atomic mass is 16.4. The van der Waals surface area contributed by atoms with Gasteiger partial charge >= 0.3 is 5.97 Å². The highest BCUT2D eigenvalue weighted by molar-refractivity contribution is 6.20. The van der Waals surface area contributed by atoms with Crippen molar-refractivity contribution in [2.75, 3.05) is 0 Å². The fourth-order valence-corrected chi connectivity index (χ4v) is 1.90. The molecule has 0 aliphatic carbocycles. The van der Waals surface area contributed by atoms with Crippen LogP contribution in [-0.2, 0) is 11.2 Å². The van der Waals surface area contributed by atoms with Gasteiger partial charge in [-0.2, -0.15) is 0 Å². The monoisotopic (exact) mass is 252 g/mol. The summed E-state index contributed by atoms with van der Waals surface area (Å²) in [6.45, 7) is 2.09. The second kappa shape index (κ2) is 6.01. The molecule has 0 radical (unpaired) electrons. The van der Waals surface area contributed by atoms with Crippen LogP contribution in [0.15, 0.2) is 54.6 Å². The Morgan fingerprint density at radius 1 is 1.05 bits per heavy atom. The summed E-state index contributed by atoms with van der Waals surface area (Å²) in [6, 6.07) is 17.1. The lowest BCUT2D eigenvalue weighted by Crippen LogP contribution is -1.99. The summed E-state index contributed by atoms with van der Waals surface area (Å²) in [4.78, 5) is 11.4. The zero-order valence-electron chi connectivity index (χ0n) is 10.8. The van der Waals surface area contributed by atoms with Crippen LogP contribution in [0.1, 0.15) is 23.6 Å². The van der Waals surface area contributed by atoms with E-state index in [0.717, 1.165) is 17.5 Å². The van der Waals surface area contributed by atoms with E-state index >= 15 is 0 Å². The molecule has 0 unspecified atom stereocenters. The Kier molecular flexibility index (Phi) is 4.14. The Labute approximate surface area is 113 Å². The summed E-state index contributed by atoms with van der Waals surface area (Å²) < 4.78 is 0. The first kappa shape index (κ1) is 13.1. The van der Waals surface area contributed by atoms with Crippen molar-refractivity contribution in [2.45, 2.75) is 13.3 Å². The lowest BCUT2D eigenvalue weighted by molar-refractivity contribution is -0.130. The third-order valence-corrected chi connectivity index (χ3v) is 3.01. The summed E-state index contributed by atoms with van der Waals surface area (Å²) in [5.41, 5.74) is 3.17. The fourth-order valence-electron chi connectivity index (χ4n) is 1.90. The maximum atomic E-state index is 11.4. The van der Waals surface area contributed by atoms with Crippen LogP contribution < -0.4 is 0 Å². The topological polar surface area (TPSA) is 37.3 Å². The lowest BCUT2D eigenvalue weighted by Gasteiger charge is -2.03. The minimum atomic E-state index is -0.911. The van der Waals surface area contributed by atoms with Crippen molar-refractivity contribution < 1.29 is 9.90 Å². The summed E-state index contributed by atoms with van der Waals surface area (Å²) in [7, 11) is 0. The zero-order valence-corrected chi connectivity index (χ0v) is 10.8. The first-order chi connectivity index (χ1) is 9.20. The van der Waals surface area contributed by atoms with E-state index in [4.69, 9.17) is 0 Å². The van der Waals surface area contributed by atoms with Crippen LogP contribution in [0.4, 0.5) is 0 Å². The van der Waals surface area contributed by atoms with Crippen molar-refractivity contribution >= 4 is 17.6 Å². The van der Waals surface area contributed by atoms with Gasteiger partial charge in [-0.05, 0) is 29.2 Å². The molecule has 0 aliphatic heterocycles. The third kappa shape index (κ3) is 3.32. The average molecular weight is 252 g/mol. The van der Waals surface area contributed by atoms with Crippen molar-refractivity contribution in [3.05, 3.63) is 71.3 Å². The van der Waals surface area contributed by atoms with E-state index in [1.165, 1.54) is 5.56 Å². The van der Waals surface area contributed by atoms with Gasteiger partial charge < -0.3 is 5.11 Å². The van der Waals surface area contributed by atoms with Crippen LogP contribution >= 0.6 is 0 Å². The molecule has 0 saturated heterocycles. The molecular formula is C17H16O2. The Hall–Kier alpha value is -2.35. The SMILES string of the molecule is CCc1ccc(/C=C(/C(=O)O)c2ccccc2)cc1. The van der Waals surface area contributed by atoms with Gasteiger partial charge in [-0.25, -0.2) is 4.79 Å². The third-order valence-electron chi connectivity index (χ3n) is 3.01. The molecule has 0 atom stereocenters. The van der Waals surface area contributed by atoms with Gasteiger partial charge in [-0.15, -0.1) is 0 Å². The Bertz CT molecular complexity index is 580. The number of carbonyl (C=O) groups is 1. The number of aliphatic carboxylic acids is 1. The van der Waals surface area contributed by atoms with Gasteiger partial charge in [0.15, 0.2) is 0 Å². The molecule has 2 nitrogen and oxygen atoms in total. The molecule has 2 aromatic rings. The molecule has 2 aromatic carbocycles. The summed E-state index contributed by atoms with van der Waals surface area (Å²) in [5, 5.41) is 9.32. The predicted molar refractivity (Wildman–Crippen MR) is 77.8 cm³/mol. The molecule has 0 saturated carbocycles. The van der Waals surface area contributed by atoms with E-state index < -0.39 is 5.97 Å². The average Bonchev–Trinajstić information content (AvgIpc) is 2.46. The molecule has 96 valence electrons. The lowest BCUT2D eigenvalue weighted by atomic mass is 10.0. The van der Waals surface area contributed by atoms with E-state index in [2.05, 4.69) is 6.92 Å². The van der Waals surface area contributed by atoms with Gasteiger partial charge in [0.1, 0.15) is 0 Å². The van der Waals surface area contributed by atoms with Crippen LogP contribution in [-0.4, -0.2) is 11.1 Å². The van der Waals surface area contributed by atoms with Gasteiger partial charge in [0.25, 0.3) is 0 Å². The van der Waals surface area contributed by atoms with E-state index in [1.54, 1.807) is 18.2 Å². The van der Waals surface area contributed by atoms with Crippen LogP contribution in [0.3, 0.4) is 0 Å². The van der Waals surface area contributed by atoms with Gasteiger partial charge in [0, 0.05) is 0 Å². The minimum Gasteiger partial charge on any atom is -0.478 e. The first-order valence-corrected chi connectivity index (χ1v) is 6.30. The molecule has 0 aromatic heterocycles. The predicted octanol–water partition coefficient (Wildman–Crippen LogP) is 3.87. The number of carboxylic acids is 1. The maximum Gasteiger partial charge on any atom is 0.336 e. The second-order valence-corrected chi connectivity index (χ2v) is 4.32. The summed E-state index contributed by atoms with van der Waals surface area (Å²) >= 11 is 0. The van der Waals surface area contributed by atoms with Crippen LogP contribution in [0, 0.1) is 0 Å². The normalized spacial score (nSPS) is 11.3. The molecule has 2 rings (SSSR count). The van der Waals surface area contributed by atoms with Crippen LogP contribution in [0.2, 0.25) is 0 Å². The number of rotatable bonds is 4. The maximum absolute atomic E-state index is 11.4. The number of aryl methyl sites for hydroxylation is 1. The van der Waals surface area contributed by atoms with E-state index in [1.807, 2.05) is 42.5 Å². The standard InChI is InChI=1S/C17H16O2/c1-2-13-8-10-14(11-9-13)12-16(17(18)19)15-6-4-3-5-7-15/h3-12H,2H2,1H3,(H,18,19)/b16-12+. The van der Waals surface area contributed by atoms with E-state index in [9.17, 15) is 9.90 Å². The van der Waals surface area contributed by atoms with Crippen molar-refractivity contribution in [1.82, 2.24) is 0 Å². The van der Waals surface area contributed by atoms with Crippen LogP contribution in [0.25, 0.3) is 11.6 Å². The molecule has 0 heterocycles. The molecule has 0 fully saturated rings. The van der Waals surface area contributed by atoms with Gasteiger partial charge in [-0.3, -0.25) is 0 Å². The number of carboxylic acid groups (broad SMARTS) is 1. The molecule has 2 heteroatoms. The number of hydrogen-bond donors (Lipinski definition) is 1. The number of hydrogen-bond acceptors (Lipinski definition) is 1. The van der Waals surface area contributed by atoms with Gasteiger partial charge in [0.05, 0.1) is 5.57 Å². The van der Waals surface area contributed by atoms with Gasteiger partial charge in [-0.1, -0.05) is 61.5 Å². The molecule has 19 heavy (non-hydrogen) atoms. The molecule has 0 aliphatic rings. The minimum absolute atomic E-state index is 0.310. The van der Waals surface area contributed by atoms with Crippen molar-refractivity contribution in [3.8, 4) is 0 Å². The quantitative estimate of drug-likeness (QED) is 0.662. The van der Waals surface area contributed by atoms with Crippen LogP contribution in [0.5, 0.6) is 0 Å². The molecule has 0 spiro atoms. The summed E-state index contributed by atoms with van der Waals surface area (Å²) in [5.74, 6) is -0.911. The highest BCUT2D eigenvalue weighted by Gasteiger charge is 2.09. The Morgan fingerprint density at radius 3 is 2.21 bits per heavy atom. The van der Waals surface area contributed by atoms with Gasteiger partial charge in [0.2, 0.25) is 0 Å². The molecule has 0 bridgehead atoms. The molecular weight excluding hydrogens is 236 g/mol. The van der Waals surface area contributed by atoms with E-state index in [0.29, 0.717) is 5.57 Å². The fraction of sp³-hybridized carbons (Fsp3) is 0.118. The Morgan fingerprint density at radius 2 is 1.68 bits per heavy atom. The van der Waals surface area contributed by atoms with Crippen molar-refractivity contribution in [1.29, 1.82) is 0 Å². The highest BCUT2D eigenvalue weighted by Crippen LogP contribution is 2.18. The second-order valence-electron chi connectivity index (χ2n) is 4.32. The van der Waals surface area contributed by atoms with E-state index in [-0.39, 0.29) is 0 Å². The smallest absolute Gasteiger partial charge is 0.336 e. The summed E-state index contributed by atoms with van der Waals surface area (Å²) in [6.07, 6.45) is 2.69. The van der Waals surface area contributed by atoms with Crippen molar-refractivity contribution in [3.63, 3.8) is 0 Å². The largest absolute Gasteiger partial charge is 0.478 e. The molecule has 1 N–H and O–H groups in total. The van der Waals surface area contributed by atoms with Crippen molar-refractivity contribution in [2.24, 2.45) is 0 Å². The first-order valence-electron chi connectivity index (χ1n) is 6.30.